The van der Waals surface area contributed by atoms with Crippen LogP contribution >= 0.6 is 23.7 Å². The van der Waals surface area contributed by atoms with E-state index in [1.807, 2.05) is 38.1 Å². The Morgan fingerprint density at radius 1 is 1.39 bits per heavy atom. The van der Waals surface area contributed by atoms with Gasteiger partial charge in [-0.05, 0) is 18.1 Å². The van der Waals surface area contributed by atoms with E-state index >= 15 is 0 Å². The molecule has 1 aromatic carbocycles. The highest BCUT2D eigenvalue weighted by Gasteiger charge is 2.18. The number of carbonyl (C=O) groups excluding carboxylic acids is 1. The molecule has 0 aliphatic rings. The zero-order valence-corrected chi connectivity index (χ0v) is 11.8. The number of nitrogens with zero attached hydrogens (tertiary/aromatic N) is 1. The molecule has 1 atom stereocenters. The number of hydrogen-bond donors (Lipinski definition) is 2. The summed E-state index contributed by atoms with van der Waals surface area (Å²) in [5, 5.41) is 3.36. The van der Waals surface area contributed by atoms with Gasteiger partial charge < -0.3 is 11.1 Å². The van der Waals surface area contributed by atoms with Gasteiger partial charge in [0.25, 0.3) is 0 Å². The van der Waals surface area contributed by atoms with E-state index in [1.165, 1.54) is 11.3 Å². The summed E-state index contributed by atoms with van der Waals surface area (Å²) in [4.78, 5) is 16.1. The fraction of sp³-hybridized carbons (Fsp3) is 0.333. The van der Waals surface area contributed by atoms with Crippen molar-refractivity contribution in [3.8, 4) is 0 Å². The molecule has 98 valence electrons. The molecule has 0 fully saturated rings. The average molecular weight is 286 g/mol. The van der Waals surface area contributed by atoms with Crippen LogP contribution in [0.3, 0.4) is 0 Å². The highest BCUT2D eigenvalue weighted by molar-refractivity contribution is 7.22. The van der Waals surface area contributed by atoms with Crippen molar-refractivity contribution in [2.75, 3.05) is 5.32 Å². The fourth-order valence-electron chi connectivity index (χ4n) is 1.42. The summed E-state index contributed by atoms with van der Waals surface area (Å²) in [5.41, 5.74) is 6.66. The lowest BCUT2D eigenvalue weighted by atomic mass is 10.1. The quantitative estimate of drug-likeness (QED) is 0.911. The number of halogens is 1. The first-order valence-electron chi connectivity index (χ1n) is 5.50. The number of benzene rings is 1. The van der Waals surface area contributed by atoms with Crippen LogP contribution in [-0.4, -0.2) is 16.9 Å². The molecule has 3 N–H and O–H groups in total. The molecular weight excluding hydrogens is 270 g/mol. The van der Waals surface area contributed by atoms with Gasteiger partial charge in [-0.1, -0.05) is 37.3 Å². The number of thiazole rings is 1. The van der Waals surface area contributed by atoms with Gasteiger partial charge in [0.2, 0.25) is 5.91 Å². The lowest BCUT2D eigenvalue weighted by molar-refractivity contribution is -0.118. The molecule has 1 aromatic heterocycles. The Balaban J connectivity index is 0.00000162. The van der Waals surface area contributed by atoms with Crippen molar-refractivity contribution in [2.24, 2.45) is 11.7 Å². The van der Waals surface area contributed by atoms with Crippen LogP contribution in [0.25, 0.3) is 10.2 Å². The van der Waals surface area contributed by atoms with Gasteiger partial charge in [-0.25, -0.2) is 4.98 Å². The summed E-state index contributed by atoms with van der Waals surface area (Å²) in [5.74, 6) is -0.0663. The molecule has 0 unspecified atom stereocenters. The first-order chi connectivity index (χ1) is 8.08. The second-order valence-electron chi connectivity index (χ2n) is 4.25. The third-order valence-corrected chi connectivity index (χ3v) is 3.50. The van der Waals surface area contributed by atoms with Crippen molar-refractivity contribution in [2.45, 2.75) is 19.9 Å². The van der Waals surface area contributed by atoms with E-state index in [4.69, 9.17) is 5.73 Å². The number of nitrogens with one attached hydrogen (secondary N) is 1. The molecule has 6 heteroatoms. The van der Waals surface area contributed by atoms with Crippen molar-refractivity contribution >= 4 is 45.0 Å². The molecule has 2 rings (SSSR count). The summed E-state index contributed by atoms with van der Waals surface area (Å²) in [7, 11) is 0. The smallest absolute Gasteiger partial charge is 0.243 e. The number of fused-ring (bicyclic) bond motifs is 1. The molecule has 1 heterocycles. The first-order valence-corrected chi connectivity index (χ1v) is 6.31. The number of anilines is 1. The summed E-state index contributed by atoms with van der Waals surface area (Å²) >= 11 is 1.46. The van der Waals surface area contributed by atoms with Gasteiger partial charge in [0.05, 0.1) is 16.3 Å². The Labute approximate surface area is 116 Å². The minimum Gasteiger partial charge on any atom is -0.320 e. The highest BCUT2D eigenvalue weighted by Crippen LogP contribution is 2.25. The van der Waals surface area contributed by atoms with Gasteiger partial charge in [-0.3, -0.25) is 4.79 Å². The van der Waals surface area contributed by atoms with Gasteiger partial charge in [0.1, 0.15) is 0 Å². The average Bonchev–Trinajstić information content (AvgIpc) is 2.69. The van der Waals surface area contributed by atoms with E-state index in [2.05, 4.69) is 10.3 Å². The van der Waals surface area contributed by atoms with Crippen LogP contribution in [-0.2, 0) is 4.79 Å². The predicted molar refractivity (Wildman–Crippen MR) is 78.3 cm³/mol. The molecule has 4 nitrogen and oxygen atoms in total. The lowest BCUT2D eigenvalue weighted by Crippen LogP contribution is -2.39. The molecule has 0 spiro atoms. The van der Waals surface area contributed by atoms with Gasteiger partial charge in [-0.15, -0.1) is 12.4 Å². The Bertz CT molecular complexity index is 508. The molecular formula is C12H16ClN3OS. The summed E-state index contributed by atoms with van der Waals surface area (Å²) < 4.78 is 1.06. The molecule has 0 radical (unpaired) electrons. The molecule has 1 amide bonds. The third kappa shape index (κ3) is 3.19. The SMILES string of the molecule is CC(C)[C@@H](N)C(=O)Nc1nc2ccccc2s1.Cl. The molecule has 0 saturated heterocycles. The van der Waals surface area contributed by atoms with Gasteiger partial charge in [-0.2, -0.15) is 0 Å². The van der Waals surface area contributed by atoms with E-state index in [1.54, 1.807) is 0 Å². The number of hydrogen-bond acceptors (Lipinski definition) is 4. The maximum Gasteiger partial charge on any atom is 0.243 e. The zero-order valence-electron chi connectivity index (χ0n) is 10.2. The Hall–Kier alpha value is -1.17. The van der Waals surface area contributed by atoms with Crippen molar-refractivity contribution in [1.82, 2.24) is 4.98 Å². The van der Waals surface area contributed by atoms with Crippen LogP contribution in [0.15, 0.2) is 24.3 Å². The third-order valence-electron chi connectivity index (χ3n) is 2.55. The van der Waals surface area contributed by atoms with Gasteiger partial charge in [0, 0.05) is 0 Å². The van der Waals surface area contributed by atoms with E-state index < -0.39 is 6.04 Å². The summed E-state index contributed by atoms with van der Waals surface area (Å²) in [6.45, 7) is 3.84. The van der Waals surface area contributed by atoms with E-state index in [9.17, 15) is 4.79 Å². The standard InChI is InChI=1S/C12H15N3OS.ClH/c1-7(2)10(13)11(16)15-12-14-8-5-3-4-6-9(8)17-12;/h3-7,10H,13H2,1-2H3,(H,14,15,16);1H/t10-;/m1./s1. The van der Waals surface area contributed by atoms with Crippen LogP contribution in [0.1, 0.15) is 13.8 Å². The molecule has 2 aromatic rings. The zero-order chi connectivity index (χ0) is 12.4. The number of carbonyl (C=O) groups is 1. The molecule has 0 aliphatic heterocycles. The molecule has 0 saturated carbocycles. The monoisotopic (exact) mass is 285 g/mol. The van der Waals surface area contributed by atoms with Crippen molar-refractivity contribution in [3.63, 3.8) is 0 Å². The van der Waals surface area contributed by atoms with Gasteiger partial charge in [0.15, 0.2) is 5.13 Å². The van der Waals surface area contributed by atoms with Gasteiger partial charge >= 0.3 is 0 Å². The van der Waals surface area contributed by atoms with Crippen molar-refractivity contribution < 1.29 is 4.79 Å². The largest absolute Gasteiger partial charge is 0.320 e. The first kappa shape index (κ1) is 14.9. The second kappa shape index (κ2) is 6.13. The Morgan fingerprint density at radius 3 is 2.67 bits per heavy atom. The van der Waals surface area contributed by atoms with Crippen LogP contribution in [0.4, 0.5) is 5.13 Å². The van der Waals surface area contributed by atoms with Crippen LogP contribution in [0.5, 0.6) is 0 Å². The summed E-state index contributed by atoms with van der Waals surface area (Å²) in [6.07, 6.45) is 0. The van der Waals surface area contributed by atoms with Crippen LogP contribution < -0.4 is 11.1 Å². The number of amides is 1. The number of para-hydroxylation sites is 1. The van der Waals surface area contributed by atoms with Crippen LogP contribution in [0.2, 0.25) is 0 Å². The number of nitrogens with two attached hydrogens (primary N) is 1. The maximum absolute atomic E-state index is 11.8. The maximum atomic E-state index is 11.8. The number of rotatable bonds is 3. The fourth-order valence-corrected chi connectivity index (χ4v) is 2.29. The predicted octanol–water partition coefficient (Wildman–Crippen LogP) is 2.64. The molecule has 0 bridgehead atoms. The minimum absolute atomic E-state index is 0. The second-order valence-corrected chi connectivity index (χ2v) is 5.28. The van der Waals surface area contributed by atoms with E-state index in [0.29, 0.717) is 5.13 Å². The van der Waals surface area contributed by atoms with E-state index in [0.717, 1.165) is 10.2 Å². The molecule has 0 aliphatic carbocycles. The van der Waals surface area contributed by atoms with Crippen LogP contribution in [0, 0.1) is 5.92 Å². The minimum atomic E-state index is -0.498. The Morgan fingerprint density at radius 2 is 2.06 bits per heavy atom. The summed E-state index contributed by atoms with van der Waals surface area (Å²) in [6, 6.07) is 7.27. The normalized spacial score (nSPS) is 12.2. The lowest BCUT2D eigenvalue weighted by Gasteiger charge is -2.13. The van der Waals surface area contributed by atoms with Crippen molar-refractivity contribution in [3.05, 3.63) is 24.3 Å². The van der Waals surface area contributed by atoms with Crippen molar-refractivity contribution in [1.29, 1.82) is 0 Å². The topological polar surface area (TPSA) is 68.0 Å². The molecule has 18 heavy (non-hydrogen) atoms. The Kier molecular flexibility index (Phi) is 5.07. The van der Waals surface area contributed by atoms with E-state index in [-0.39, 0.29) is 24.2 Å². The number of aromatic nitrogens is 1. The highest BCUT2D eigenvalue weighted by atomic mass is 35.5.